The van der Waals surface area contributed by atoms with E-state index in [0.29, 0.717) is 43.3 Å². The maximum absolute atomic E-state index is 13.8. The molecule has 7 nitrogen and oxygen atoms in total. The molecule has 2 aromatic carbocycles. The second-order valence-electron chi connectivity index (χ2n) is 8.88. The van der Waals surface area contributed by atoms with Crippen molar-refractivity contribution in [2.24, 2.45) is 0 Å². The van der Waals surface area contributed by atoms with Crippen molar-refractivity contribution in [1.29, 1.82) is 0 Å². The lowest BCUT2D eigenvalue weighted by Gasteiger charge is -2.39. The number of urea groups is 1. The zero-order valence-electron chi connectivity index (χ0n) is 20.1. The van der Waals surface area contributed by atoms with Crippen LogP contribution in [-0.4, -0.2) is 59.1 Å². The molecule has 36 heavy (non-hydrogen) atoms. The summed E-state index contributed by atoms with van der Waals surface area (Å²) in [5, 5.41) is 5.90. The third kappa shape index (κ3) is 4.79. The number of halogens is 1. The Morgan fingerprint density at radius 1 is 1.11 bits per heavy atom. The molecular formula is C27H27FN4O3S. The van der Waals surface area contributed by atoms with Crippen molar-refractivity contribution >= 4 is 39.2 Å². The number of benzene rings is 2. The van der Waals surface area contributed by atoms with Crippen LogP contribution in [-0.2, 0) is 6.54 Å². The van der Waals surface area contributed by atoms with Crippen molar-refractivity contribution in [3.05, 3.63) is 83.1 Å². The maximum atomic E-state index is 13.8. The van der Waals surface area contributed by atoms with Crippen molar-refractivity contribution in [1.82, 2.24) is 14.4 Å². The second-order valence-corrected chi connectivity index (χ2v) is 9.78. The third-order valence-electron chi connectivity index (χ3n) is 6.45. The molecule has 0 spiro atoms. The number of piperazine rings is 1. The van der Waals surface area contributed by atoms with Crippen LogP contribution in [0.5, 0.6) is 5.75 Å². The van der Waals surface area contributed by atoms with E-state index in [1.54, 1.807) is 40.4 Å². The molecule has 5 rings (SSSR count). The Labute approximate surface area is 212 Å². The van der Waals surface area contributed by atoms with Gasteiger partial charge in [-0.2, -0.15) is 0 Å². The van der Waals surface area contributed by atoms with Gasteiger partial charge >= 0.3 is 6.03 Å². The van der Waals surface area contributed by atoms with Crippen LogP contribution in [0.2, 0.25) is 0 Å². The molecule has 4 aromatic rings. The Bertz CT molecular complexity index is 1420. The van der Waals surface area contributed by atoms with Crippen LogP contribution in [0.3, 0.4) is 0 Å². The molecule has 1 saturated heterocycles. The smallest absolute Gasteiger partial charge is 0.322 e. The van der Waals surface area contributed by atoms with Crippen molar-refractivity contribution in [3.8, 4) is 5.75 Å². The monoisotopic (exact) mass is 506 g/mol. The number of carbonyl (C=O) groups is 2. The first-order valence-corrected chi connectivity index (χ1v) is 12.6. The lowest BCUT2D eigenvalue weighted by Crippen LogP contribution is -2.56. The highest BCUT2D eigenvalue weighted by Gasteiger charge is 2.32. The van der Waals surface area contributed by atoms with Crippen molar-refractivity contribution in [3.63, 3.8) is 0 Å². The third-order valence-corrected chi connectivity index (χ3v) is 7.40. The van der Waals surface area contributed by atoms with Gasteiger partial charge in [-0.25, -0.2) is 9.18 Å². The molecule has 3 amide bonds. The van der Waals surface area contributed by atoms with Crippen LogP contribution in [0.4, 0.5) is 14.9 Å². The summed E-state index contributed by atoms with van der Waals surface area (Å²) < 4.78 is 21.0. The minimum absolute atomic E-state index is 0.0884. The average Bonchev–Trinajstić information content (AvgIpc) is 3.46. The number of anilines is 1. The largest absolute Gasteiger partial charge is 0.497 e. The number of aromatic nitrogens is 1. The van der Waals surface area contributed by atoms with Gasteiger partial charge in [0.2, 0.25) is 0 Å². The number of nitrogens with zero attached hydrogens (tertiary/aromatic N) is 3. The number of carbonyl (C=O) groups excluding carboxylic acids is 2. The molecule has 0 saturated carbocycles. The summed E-state index contributed by atoms with van der Waals surface area (Å²) in [6, 6.07) is 17.2. The fraction of sp³-hybridized carbons (Fsp3) is 0.259. The number of amides is 3. The number of nitrogens with one attached hydrogen (secondary N) is 1. The van der Waals surface area contributed by atoms with Gasteiger partial charge in [0.25, 0.3) is 5.91 Å². The number of thiophene rings is 1. The summed E-state index contributed by atoms with van der Waals surface area (Å²) in [6.07, 6.45) is 0. The Balaban J connectivity index is 1.31. The number of ether oxygens (including phenoxy) is 1. The van der Waals surface area contributed by atoms with E-state index in [9.17, 15) is 14.0 Å². The van der Waals surface area contributed by atoms with E-state index < -0.39 is 0 Å². The molecular weight excluding hydrogens is 479 g/mol. The van der Waals surface area contributed by atoms with Gasteiger partial charge in [-0.05, 0) is 54.3 Å². The summed E-state index contributed by atoms with van der Waals surface area (Å²) in [7, 11) is 1.58. The number of hydrogen-bond donors (Lipinski definition) is 1. The minimum atomic E-state index is -0.299. The van der Waals surface area contributed by atoms with Gasteiger partial charge in [-0.15, -0.1) is 11.3 Å². The minimum Gasteiger partial charge on any atom is -0.497 e. The predicted molar refractivity (Wildman–Crippen MR) is 139 cm³/mol. The summed E-state index contributed by atoms with van der Waals surface area (Å²) in [5.41, 5.74) is 2.02. The zero-order chi connectivity index (χ0) is 25.2. The fourth-order valence-electron chi connectivity index (χ4n) is 4.63. The summed E-state index contributed by atoms with van der Waals surface area (Å²) >= 11 is 1.56. The Kier molecular flexibility index (Phi) is 6.65. The standard InChI is InChI=1S/C27H27FN4O3S/c1-18-16-30(10-11-31(18)27(34)29-22-7-4-8-23(15-22)35-2)25(33)24-14-20-9-12-36-26(20)32(24)17-19-5-3-6-21(28)13-19/h3-9,12-15,18H,10-11,16-17H2,1-2H3,(H,29,34)/t18-/m1/s1. The van der Waals surface area contributed by atoms with Crippen LogP contribution >= 0.6 is 11.3 Å². The Hall–Kier alpha value is -3.85. The number of fused-ring (bicyclic) bond motifs is 1. The normalized spacial score (nSPS) is 15.8. The van der Waals surface area contributed by atoms with Gasteiger partial charge < -0.3 is 24.4 Å². The van der Waals surface area contributed by atoms with Gasteiger partial charge in [-0.1, -0.05) is 18.2 Å². The van der Waals surface area contributed by atoms with Crippen molar-refractivity contribution in [2.45, 2.75) is 19.5 Å². The lowest BCUT2D eigenvalue weighted by molar-refractivity contribution is 0.0583. The molecule has 186 valence electrons. The molecule has 1 N–H and O–H groups in total. The van der Waals surface area contributed by atoms with Gasteiger partial charge in [0.1, 0.15) is 22.1 Å². The number of rotatable bonds is 5. The molecule has 1 aliphatic heterocycles. The van der Waals surface area contributed by atoms with Crippen molar-refractivity contribution in [2.75, 3.05) is 32.1 Å². The highest BCUT2D eigenvalue weighted by Crippen LogP contribution is 2.28. The van der Waals surface area contributed by atoms with Gasteiger partial charge in [0.15, 0.2) is 0 Å². The highest BCUT2D eigenvalue weighted by molar-refractivity contribution is 7.16. The molecule has 0 aliphatic carbocycles. The molecule has 3 heterocycles. The topological polar surface area (TPSA) is 66.8 Å². The summed E-state index contributed by atoms with van der Waals surface area (Å²) in [6.45, 7) is 3.61. The van der Waals surface area contributed by atoms with E-state index in [0.717, 1.165) is 15.8 Å². The molecule has 1 aliphatic rings. The van der Waals surface area contributed by atoms with E-state index in [4.69, 9.17) is 4.74 Å². The Morgan fingerprint density at radius 2 is 1.94 bits per heavy atom. The molecule has 9 heteroatoms. The molecule has 0 bridgehead atoms. The first-order valence-electron chi connectivity index (χ1n) is 11.7. The number of hydrogen-bond acceptors (Lipinski definition) is 4. The van der Waals surface area contributed by atoms with Gasteiger partial charge in [0.05, 0.1) is 7.11 Å². The second kappa shape index (κ2) is 10.0. The lowest BCUT2D eigenvalue weighted by atomic mass is 10.1. The summed E-state index contributed by atoms with van der Waals surface area (Å²) in [4.78, 5) is 31.1. The quantitative estimate of drug-likeness (QED) is 0.401. The van der Waals surface area contributed by atoms with Crippen LogP contribution in [0.1, 0.15) is 23.0 Å². The van der Waals surface area contributed by atoms with Crippen LogP contribution in [0, 0.1) is 5.82 Å². The van der Waals surface area contributed by atoms with Crippen molar-refractivity contribution < 1.29 is 18.7 Å². The SMILES string of the molecule is COc1cccc(NC(=O)N2CCN(C(=O)c3cc4ccsc4n3Cc3cccc(F)c3)C[C@H]2C)c1. The Morgan fingerprint density at radius 3 is 2.72 bits per heavy atom. The zero-order valence-corrected chi connectivity index (χ0v) is 20.9. The van der Waals surface area contributed by atoms with E-state index in [2.05, 4.69) is 5.32 Å². The molecule has 2 aromatic heterocycles. The first kappa shape index (κ1) is 23.9. The highest BCUT2D eigenvalue weighted by atomic mass is 32.1. The molecule has 1 fully saturated rings. The predicted octanol–water partition coefficient (Wildman–Crippen LogP) is 5.28. The fourth-order valence-corrected chi connectivity index (χ4v) is 5.53. The molecule has 0 radical (unpaired) electrons. The molecule has 1 atom stereocenters. The van der Waals surface area contributed by atoms with E-state index in [1.165, 1.54) is 12.1 Å². The molecule has 0 unspecified atom stereocenters. The van der Waals surface area contributed by atoms with E-state index >= 15 is 0 Å². The van der Waals surface area contributed by atoms with E-state index in [1.807, 2.05) is 53.3 Å². The number of methoxy groups -OCH3 is 1. The van der Waals surface area contributed by atoms with Gasteiger partial charge in [0, 0.05) is 49.4 Å². The van der Waals surface area contributed by atoms with Crippen LogP contribution < -0.4 is 10.1 Å². The van der Waals surface area contributed by atoms with Gasteiger partial charge in [-0.3, -0.25) is 4.79 Å². The average molecular weight is 507 g/mol. The summed E-state index contributed by atoms with van der Waals surface area (Å²) in [5.74, 6) is 0.277. The van der Waals surface area contributed by atoms with Crippen LogP contribution in [0.15, 0.2) is 66.0 Å². The maximum Gasteiger partial charge on any atom is 0.322 e. The van der Waals surface area contributed by atoms with Crippen LogP contribution in [0.25, 0.3) is 10.2 Å². The first-order chi connectivity index (χ1) is 17.4. The van der Waals surface area contributed by atoms with E-state index in [-0.39, 0.29) is 23.8 Å².